The lowest BCUT2D eigenvalue weighted by molar-refractivity contribution is -0.193. The van der Waals surface area contributed by atoms with Gasteiger partial charge in [-0.15, -0.1) is 11.8 Å². The molecule has 0 spiro atoms. The molecule has 1 aliphatic rings. The average molecular weight is 554 g/mol. The number of halogens is 6. The molecule has 10 heteroatoms. The zero-order valence-corrected chi connectivity index (χ0v) is 21.5. The number of thioether (sulfide) groups is 1. The van der Waals surface area contributed by atoms with Gasteiger partial charge in [-0.3, -0.25) is 4.90 Å². The highest BCUT2D eigenvalue weighted by Gasteiger charge is 2.57. The van der Waals surface area contributed by atoms with E-state index in [0.29, 0.717) is 21.9 Å². The molecule has 204 valence electrons. The summed E-state index contributed by atoms with van der Waals surface area (Å²) in [6, 6.07) is 18.8. The molecule has 0 bridgehead atoms. The van der Waals surface area contributed by atoms with E-state index in [0.717, 1.165) is 17.3 Å². The fourth-order valence-corrected chi connectivity index (χ4v) is 5.55. The fourth-order valence-electron chi connectivity index (χ4n) is 4.95. The van der Waals surface area contributed by atoms with Crippen molar-refractivity contribution >= 4 is 17.4 Å². The molecule has 0 saturated carbocycles. The van der Waals surface area contributed by atoms with Crippen LogP contribution in [0.4, 0.5) is 32.0 Å². The highest BCUT2D eigenvalue weighted by atomic mass is 32.2. The van der Waals surface area contributed by atoms with Crippen LogP contribution in [0, 0.1) is 0 Å². The van der Waals surface area contributed by atoms with Crippen LogP contribution in [0.3, 0.4) is 0 Å². The maximum atomic E-state index is 14.5. The largest absolute Gasteiger partial charge is 0.410 e. The maximum absolute atomic E-state index is 14.5. The van der Waals surface area contributed by atoms with E-state index in [4.69, 9.17) is 0 Å². The molecule has 4 rings (SSSR count). The van der Waals surface area contributed by atoms with Gasteiger partial charge in [-0.25, -0.2) is 0 Å². The van der Waals surface area contributed by atoms with Crippen molar-refractivity contribution in [2.75, 3.05) is 30.8 Å². The van der Waals surface area contributed by atoms with Crippen LogP contribution < -0.4 is 10.2 Å². The predicted molar refractivity (Wildman–Crippen MR) is 139 cm³/mol. The van der Waals surface area contributed by atoms with Crippen LogP contribution in [0.2, 0.25) is 0 Å². The van der Waals surface area contributed by atoms with Crippen LogP contribution in [-0.2, 0) is 6.54 Å². The van der Waals surface area contributed by atoms with E-state index in [-0.39, 0.29) is 12.2 Å². The standard InChI is InChI=1S/C28H29F6N3S/c1-38-24-15-9-8-14-22(24)37-25(27(29,30)31)18-36(19-26(37)28(32,33)34)23(21-12-6-3-7-13-21)17-35-16-20-10-4-2-5-11-20/h2-15,23,25-26,35H,16-19H2,1H3. The van der Waals surface area contributed by atoms with E-state index < -0.39 is 43.6 Å². The molecule has 38 heavy (non-hydrogen) atoms. The van der Waals surface area contributed by atoms with Crippen LogP contribution in [0.5, 0.6) is 0 Å². The quantitative estimate of drug-likeness (QED) is 0.241. The predicted octanol–water partition coefficient (Wildman–Crippen LogP) is 6.92. The van der Waals surface area contributed by atoms with E-state index in [9.17, 15) is 26.3 Å². The lowest BCUT2D eigenvalue weighted by atomic mass is 9.97. The van der Waals surface area contributed by atoms with Crippen molar-refractivity contribution in [3.05, 3.63) is 96.1 Å². The van der Waals surface area contributed by atoms with Gasteiger partial charge in [-0.05, 0) is 29.5 Å². The zero-order valence-electron chi connectivity index (χ0n) is 20.7. The Bertz CT molecular complexity index is 1130. The second-order valence-corrected chi connectivity index (χ2v) is 10.0. The minimum absolute atomic E-state index is 0.0530. The van der Waals surface area contributed by atoms with Crippen molar-refractivity contribution in [2.24, 2.45) is 0 Å². The van der Waals surface area contributed by atoms with Gasteiger partial charge in [0.05, 0.1) is 5.69 Å². The van der Waals surface area contributed by atoms with Crippen LogP contribution >= 0.6 is 11.8 Å². The maximum Gasteiger partial charge on any atom is 0.410 e. The zero-order chi connectivity index (χ0) is 27.3. The Morgan fingerprint density at radius 2 is 1.32 bits per heavy atom. The highest BCUT2D eigenvalue weighted by molar-refractivity contribution is 7.98. The number of hydrogen-bond donors (Lipinski definition) is 1. The summed E-state index contributed by atoms with van der Waals surface area (Å²) in [5, 5.41) is 3.24. The Balaban J connectivity index is 1.71. The minimum Gasteiger partial charge on any atom is -0.345 e. The lowest BCUT2D eigenvalue weighted by Gasteiger charge is -2.51. The summed E-state index contributed by atoms with van der Waals surface area (Å²) in [5.41, 5.74) is 1.58. The Kier molecular flexibility index (Phi) is 8.95. The molecular formula is C28H29F6N3S. The Morgan fingerprint density at radius 3 is 1.87 bits per heavy atom. The van der Waals surface area contributed by atoms with E-state index >= 15 is 0 Å². The number of hydrogen-bond acceptors (Lipinski definition) is 4. The van der Waals surface area contributed by atoms with E-state index in [2.05, 4.69) is 5.32 Å². The van der Waals surface area contributed by atoms with Crippen molar-refractivity contribution in [3.63, 3.8) is 0 Å². The number of benzene rings is 3. The second-order valence-electron chi connectivity index (χ2n) is 9.19. The molecule has 0 aliphatic carbocycles. The molecular weight excluding hydrogens is 524 g/mol. The normalized spacial score (nSPS) is 19.9. The Labute approximate surface area is 222 Å². The molecule has 3 unspecified atom stereocenters. The molecule has 3 aromatic carbocycles. The highest BCUT2D eigenvalue weighted by Crippen LogP contribution is 2.43. The molecule has 0 amide bonds. The topological polar surface area (TPSA) is 18.5 Å². The van der Waals surface area contributed by atoms with E-state index in [1.165, 1.54) is 17.0 Å². The first-order valence-electron chi connectivity index (χ1n) is 12.2. The van der Waals surface area contributed by atoms with Gasteiger partial charge in [0, 0.05) is 37.1 Å². The minimum atomic E-state index is -4.88. The summed E-state index contributed by atoms with van der Waals surface area (Å²) < 4.78 is 87.2. The number of rotatable bonds is 8. The summed E-state index contributed by atoms with van der Waals surface area (Å²) in [6.45, 7) is -0.553. The van der Waals surface area contributed by atoms with Gasteiger partial charge in [0.1, 0.15) is 12.1 Å². The molecule has 3 nitrogen and oxygen atoms in total. The van der Waals surface area contributed by atoms with Crippen LogP contribution in [0.25, 0.3) is 0 Å². The average Bonchev–Trinajstić information content (AvgIpc) is 2.90. The summed E-state index contributed by atoms with van der Waals surface area (Å²) in [4.78, 5) is 2.25. The first-order chi connectivity index (χ1) is 18.1. The van der Waals surface area contributed by atoms with Gasteiger partial charge in [-0.2, -0.15) is 26.3 Å². The summed E-state index contributed by atoms with van der Waals surface area (Å²) in [5.74, 6) is 0. The molecule has 0 radical (unpaired) electrons. The number of alkyl halides is 6. The van der Waals surface area contributed by atoms with Crippen molar-refractivity contribution in [1.29, 1.82) is 0 Å². The van der Waals surface area contributed by atoms with Crippen molar-refractivity contribution in [1.82, 2.24) is 10.2 Å². The molecule has 0 aromatic heterocycles. The van der Waals surface area contributed by atoms with Gasteiger partial charge >= 0.3 is 12.4 Å². The van der Waals surface area contributed by atoms with Crippen molar-refractivity contribution < 1.29 is 26.3 Å². The smallest absolute Gasteiger partial charge is 0.345 e. The number of anilines is 1. The second kappa shape index (κ2) is 12.0. The molecule has 3 aromatic rings. The van der Waals surface area contributed by atoms with Gasteiger partial charge in [-0.1, -0.05) is 72.8 Å². The first-order valence-corrected chi connectivity index (χ1v) is 13.4. The molecule has 1 heterocycles. The number of para-hydroxylation sites is 1. The molecule has 3 atom stereocenters. The van der Waals surface area contributed by atoms with Gasteiger partial charge in [0.2, 0.25) is 0 Å². The van der Waals surface area contributed by atoms with E-state index in [1.54, 1.807) is 48.7 Å². The number of nitrogens with zero attached hydrogens (tertiary/aromatic N) is 2. The SMILES string of the molecule is CSc1ccccc1N1C(C(F)(F)F)CN(C(CNCc2ccccc2)c2ccccc2)CC1C(F)(F)F. The summed E-state index contributed by atoms with van der Waals surface area (Å²) >= 11 is 1.13. The summed E-state index contributed by atoms with van der Waals surface area (Å²) in [6.07, 6.45) is -8.12. The third kappa shape index (κ3) is 6.65. The van der Waals surface area contributed by atoms with Crippen molar-refractivity contribution in [3.8, 4) is 0 Å². The number of piperazine rings is 1. The third-order valence-corrected chi connectivity index (χ3v) is 7.53. The Morgan fingerprint density at radius 1 is 0.789 bits per heavy atom. The first kappa shape index (κ1) is 28.3. The van der Waals surface area contributed by atoms with Crippen LogP contribution in [0.1, 0.15) is 17.2 Å². The van der Waals surface area contributed by atoms with Crippen molar-refractivity contribution in [2.45, 2.75) is 41.9 Å². The third-order valence-electron chi connectivity index (χ3n) is 6.74. The monoisotopic (exact) mass is 553 g/mol. The molecule has 1 N–H and O–H groups in total. The van der Waals surface area contributed by atoms with Gasteiger partial charge < -0.3 is 10.2 Å². The fraction of sp³-hybridized carbons (Fsp3) is 0.357. The van der Waals surface area contributed by atoms with Crippen LogP contribution in [-0.4, -0.2) is 55.2 Å². The summed E-state index contributed by atoms with van der Waals surface area (Å²) in [7, 11) is 0. The molecule has 1 saturated heterocycles. The Hall–Kier alpha value is -2.69. The molecule has 1 fully saturated rings. The number of nitrogens with one attached hydrogen (secondary N) is 1. The van der Waals surface area contributed by atoms with Gasteiger partial charge in [0.15, 0.2) is 0 Å². The molecule has 1 aliphatic heterocycles. The van der Waals surface area contributed by atoms with Crippen LogP contribution in [0.15, 0.2) is 89.8 Å². The van der Waals surface area contributed by atoms with E-state index in [1.807, 2.05) is 30.3 Å². The lowest BCUT2D eigenvalue weighted by Crippen LogP contribution is -2.68. The van der Waals surface area contributed by atoms with Gasteiger partial charge in [0.25, 0.3) is 0 Å².